The van der Waals surface area contributed by atoms with E-state index in [4.69, 9.17) is 0 Å². The first kappa shape index (κ1) is 21.7. The minimum Gasteiger partial charge on any atom is -0.207 e. The van der Waals surface area contributed by atoms with Gasteiger partial charge in [-0.3, -0.25) is 0 Å². The average molecular weight is 403 g/mol. The average Bonchev–Trinajstić information content (AvgIpc) is 2.76. The summed E-state index contributed by atoms with van der Waals surface area (Å²) in [5.74, 6) is -0.515. The van der Waals surface area contributed by atoms with Crippen LogP contribution in [0.3, 0.4) is 0 Å². The first-order chi connectivity index (χ1) is 14.6. The fraction of sp³-hybridized carbons (Fsp3) is 0.214. The van der Waals surface area contributed by atoms with Crippen LogP contribution in [0.1, 0.15) is 54.0 Å². The molecule has 0 nitrogen and oxygen atoms in total. The number of hydrogen-bond donors (Lipinski definition) is 0. The van der Waals surface area contributed by atoms with Crippen LogP contribution < -0.4 is 0 Å². The minimum absolute atomic E-state index is 0.155. The topological polar surface area (TPSA) is 0 Å². The Morgan fingerprint density at radius 1 is 0.833 bits per heavy atom. The fourth-order valence-corrected chi connectivity index (χ4v) is 3.56. The van der Waals surface area contributed by atoms with Crippen molar-refractivity contribution in [2.45, 2.75) is 39.0 Å². The summed E-state index contributed by atoms with van der Waals surface area (Å²) in [7, 11) is 0. The molecule has 0 N–H and O–H groups in total. The van der Waals surface area contributed by atoms with Gasteiger partial charge in [-0.25, -0.2) is 8.78 Å². The summed E-state index contributed by atoms with van der Waals surface area (Å²) in [5, 5.41) is 0. The van der Waals surface area contributed by atoms with Gasteiger partial charge in [0.2, 0.25) is 0 Å². The summed E-state index contributed by atoms with van der Waals surface area (Å²) in [4.78, 5) is 0. The van der Waals surface area contributed by atoms with E-state index in [-0.39, 0.29) is 5.56 Å². The highest BCUT2D eigenvalue weighted by atomic mass is 19.1. The summed E-state index contributed by atoms with van der Waals surface area (Å²) in [5.41, 5.74) is 4.29. The molecule has 0 amide bonds. The van der Waals surface area contributed by atoms with E-state index >= 15 is 0 Å². The van der Waals surface area contributed by atoms with E-state index < -0.39 is 11.6 Å². The van der Waals surface area contributed by atoms with Crippen molar-refractivity contribution in [1.29, 1.82) is 0 Å². The zero-order valence-electron chi connectivity index (χ0n) is 17.6. The maximum absolute atomic E-state index is 14.3. The molecule has 3 aromatic rings. The van der Waals surface area contributed by atoms with Gasteiger partial charge < -0.3 is 0 Å². The third-order valence-electron chi connectivity index (χ3n) is 5.32. The molecular formula is C28H28F2. The Bertz CT molecular complexity index is 976. The smallest absolute Gasteiger partial charge is 0.129 e. The Balaban J connectivity index is 1.65. The normalized spacial score (nSPS) is 12.7. The molecule has 0 fully saturated rings. The molecule has 154 valence electrons. The molecule has 2 heteroatoms. The highest BCUT2D eigenvalue weighted by Gasteiger charge is 2.10. The number of halogens is 2. The Morgan fingerprint density at radius 2 is 1.47 bits per heavy atom. The zero-order chi connectivity index (χ0) is 21.3. The van der Waals surface area contributed by atoms with Gasteiger partial charge in [-0.1, -0.05) is 85.8 Å². The van der Waals surface area contributed by atoms with Gasteiger partial charge >= 0.3 is 0 Å². The zero-order valence-corrected chi connectivity index (χ0v) is 17.6. The largest absolute Gasteiger partial charge is 0.207 e. The number of hydrogen-bond acceptors (Lipinski definition) is 0. The summed E-state index contributed by atoms with van der Waals surface area (Å²) < 4.78 is 28.6. The minimum atomic E-state index is -0.482. The molecule has 30 heavy (non-hydrogen) atoms. The molecule has 0 aliphatic heterocycles. The van der Waals surface area contributed by atoms with E-state index in [1.165, 1.54) is 23.3 Å². The Morgan fingerprint density at radius 3 is 2.10 bits per heavy atom. The third-order valence-corrected chi connectivity index (χ3v) is 5.32. The Labute approximate surface area is 178 Å². The van der Waals surface area contributed by atoms with Crippen LogP contribution in [0, 0.1) is 11.6 Å². The molecule has 0 heterocycles. The summed E-state index contributed by atoms with van der Waals surface area (Å²) in [6.07, 6.45) is 9.42. The van der Waals surface area contributed by atoms with Crippen LogP contribution in [0.2, 0.25) is 0 Å². The van der Waals surface area contributed by atoms with Crippen LogP contribution in [0.5, 0.6) is 0 Å². The van der Waals surface area contributed by atoms with Gasteiger partial charge in [0.25, 0.3) is 0 Å². The number of benzene rings is 3. The molecule has 0 spiro atoms. The van der Waals surface area contributed by atoms with E-state index in [0.717, 1.165) is 12.0 Å². The number of allylic oxidation sites excluding steroid dienone is 2. The van der Waals surface area contributed by atoms with Crippen LogP contribution in [-0.2, 0) is 12.8 Å². The van der Waals surface area contributed by atoms with Crippen LogP contribution >= 0.6 is 0 Å². The van der Waals surface area contributed by atoms with Crippen molar-refractivity contribution in [3.05, 3.63) is 118 Å². The molecule has 0 bridgehead atoms. The van der Waals surface area contributed by atoms with E-state index in [2.05, 4.69) is 43.3 Å². The lowest BCUT2D eigenvalue weighted by molar-refractivity contribution is 0.555. The molecule has 3 rings (SSSR count). The molecule has 0 aromatic heterocycles. The molecule has 1 atom stereocenters. The van der Waals surface area contributed by atoms with E-state index in [1.807, 2.05) is 43.4 Å². The highest BCUT2D eigenvalue weighted by molar-refractivity contribution is 5.69. The summed E-state index contributed by atoms with van der Waals surface area (Å²) >= 11 is 0. The second-order valence-corrected chi connectivity index (χ2v) is 7.66. The number of rotatable bonds is 8. The van der Waals surface area contributed by atoms with Gasteiger partial charge in [-0.15, -0.1) is 0 Å². The van der Waals surface area contributed by atoms with Crippen molar-refractivity contribution < 1.29 is 8.78 Å². The predicted molar refractivity (Wildman–Crippen MR) is 123 cm³/mol. The first-order valence-electron chi connectivity index (χ1n) is 10.5. The van der Waals surface area contributed by atoms with Crippen LogP contribution in [0.25, 0.3) is 12.2 Å². The maximum atomic E-state index is 14.3. The lowest BCUT2D eigenvalue weighted by Gasteiger charge is -2.12. The molecular weight excluding hydrogens is 374 g/mol. The second kappa shape index (κ2) is 10.7. The molecule has 0 unspecified atom stereocenters. The summed E-state index contributed by atoms with van der Waals surface area (Å²) in [6, 6.07) is 21.6. The fourth-order valence-electron chi connectivity index (χ4n) is 3.56. The maximum Gasteiger partial charge on any atom is 0.129 e. The SMILES string of the molecule is CC=CCCc1c(F)cc(C=Cc2ccc(C[C@H](C)c3ccccc3)cc2)cc1F. The van der Waals surface area contributed by atoms with Crippen molar-refractivity contribution in [1.82, 2.24) is 0 Å². The van der Waals surface area contributed by atoms with Gasteiger partial charge in [0.05, 0.1) is 0 Å². The van der Waals surface area contributed by atoms with E-state index in [9.17, 15) is 8.78 Å². The molecule has 0 saturated carbocycles. The summed E-state index contributed by atoms with van der Waals surface area (Å²) in [6.45, 7) is 4.13. The van der Waals surface area contributed by atoms with E-state index in [1.54, 1.807) is 6.08 Å². The van der Waals surface area contributed by atoms with Gasteiger partial charge in [0.15, 0.2) is 0 Å². The first-order valence-corrected chi connectivity index (χ1v) is 10.5. The quantitative estimate of drug-likeness (QED) is 0.264. The van der Waals surface area contributed by atoms with Crippen molar-refractivity contribution in [2.24, 2.45) is 0 Å². The van der Waals surface area contributed by atoms with Gasteiger partial charge in [-0.05, 0) is 66.5 Å². The Kier molecular flexibility index (Phi) is 7.73. The molecule has 3 aromatic carbocycles. The van der Waals surface area contributed by atoms with Crippen LogP contribution in [0.4, 0.5) is 8.78 Å². The van der Waals surface area contributed by atoms with Crippen molar-refractivity contribution >= 4 is 12.2 Å². The lowest BCUT2D eigenvalue weighted by Crippen LogP contribution is -1.98. The van der Waals surface area contributed by atoms with E-state index in [0.29, 0.717) is 24.3 Å². The highest BCUT2D eigenvalue weighted by Crippen LogP contribution is 2.22. The van der Waals surface area contributed by atoms with Gasteiger partial charge in [0, 0.05) is 5.56 Å². The Hall–Kier alpha value is -3.00. The predicted octanol–water partition coefficient (Wildman–Crippen LogP) is 7.99. The van der Waals surface area contributed by atoms with Crippen molar-refractivity contribution in [3.8, 4) is 0 Å². The van der Waals surface area contributed by atoms with Crippen LogP contribution in [-0.4, -0.2) is 0 Å². The molecule has 0 aliphatic rings. The van der Waals surface area contributed by atoms with Gasteiger partial charge in [0.1, 0.15) is 11.6 Å². The molecule has 0 saturated heterocycles. The monoisotopic (exact) mass is 402 g/mol. The molecule has 0 aliphatic carbocycles. The van der Waals surface area contributed by atoms with Crippen molar-refractivity contribution in [3.63, 3.8) is 0 Å². The lowest BCUT2D eigenvalue weighted by atomic mass is 9.93. The standard InChI is InChI=1S/C28H28F2/c1-3-4-6-11-26-27(29)19-24(20-28(26)30)17-14-22-12-15-23(16-13-22)18-21(2)25-9-7-5-8-10-25/h3-5,7-10,12-17,19-21H,6,11,18H2,1-2H3/t21-/m0/s1. The third kappa shape index (κ3) is 6.00. The molecule has 0 radical (unpaired) electrons. The van der Waals surface area contributed by atoms with Crippen LogP contribution in [0.15, 0.2) is 78.9 Å². The second-order valence-electron chi connectivity index (χ2n) is 7.66. The van der Waals surface area contributed by atoms with Crippen molar-refractivity contribution in [2.75, 3.05) is 0 Å². The van der Waals surface area contributed by atoms with Gasteiger partial charge in [-0.2, -0.15) is 0 Å².